The van der Waals surface area contributed by atoms with Gasteiger partial charge in [-0.3, -0.25) is 9.59 Å². The maximum absolute atomic E-state index is 14.8. The molecule has 0 heterocycles. The molecule has 4 aromatic carbocycles. The van der Waals surface area contributed by atoms with Crippen molar-refractivity contribution in [3.05, 3.63) is 144 Å². The molecule has 13 heteroatoms. The lowest BCUT2D eigenvalue weighted by Gasteiger charge is -2.28. The van der Waals surface area contributed by atoms with Crippen LogP contribution >= 0.6 is 0 Å². The lowest BCUT2D eigenvalue weighted by molar-refractivity contribution is -0.124. The summed E-state index contributed by atoms with van der Waals surface area (Å²) in [6.07, 6.45) is -1.41. The Labute approximate surface area is 336 Å². The first-order valence-electron chi connectivity index (χ1n) is 19.1. The van der Waals surface area contributed by atoms with Crippen molar-refractivity contribution in [2.75, 3.05) is 13.1 Å². The summed E-state index contributed by atoms with van der Waals surface area (Å²) in [5, 5.41) is 8.62. The molecule has 304 valence electrons. The number of sulfone groups is 1. The summed E-state index contributed by atoms with van der Waals surface area (Å²) in [5.41, 5.74) is 3.05. The zero-order valence-electron chi connectivity index (χ0n) is 32.9. The lowest BCUT2D eigenvalue weighted by atomic mass is 10.0. The van der Waals surface area contributed by atoms with E-state index in [1.807, 2.05) is 121 Å². The molecule has 0 fully saturated rings. The quantitative estimate of drug-likeness (QED) is 0.0876. The summed E-state index contributed by atoms with van der Waals surface area (Å²) in [4.78, 5) is 52.7. The average Bonchev–Trinajstić information content (AvgIpc) is 3.21. The van der Waals surface area contributed by atoms with Crippen LogP contribution in [0, 0.1) is 11.8 Å². The van der Waals surface area contributed by atoms with Crippen molar-refractivity contribution in [1.82, 2.24) is 21.3 Å². The minimum absolute atomic E-state index is 0.0160. The fourth-order valence-electron chi connectivity index (χ4n) is 6.14. The van der Waals surface area contributed by atoms with Gasteiger partial charge in [0.1, 0.15) is 25.3 Å². The van der Waals surface area contributed by atoms with Crippen molar-refractivity contribution in [3.63, 3.8) is 0 Å². The zero-order chi connectivity index (χ0) is 41.2. The van der Waals surface area contributed by atoms with Crippen LogP contribution in [0.4, 0.5) is 9.59 Å². The predicted octanol–water partition coefficient (Wildman–Crippen LogP) is 5.76. The molecule has 0 saturated heterocycles. The second-order valence-electron chi connectivity index (χ2n) is 14.6. The van der Waals surface area contributed by atoms with Crippen molar-refractivity contribution in [2.24, 2.45) is 11.8 Å². The smallest absolute Gasteiger partial charge is 0.408 e. The second kappa shape index (κ2) is 22.2. The van der Waals surface area contributed by atoms with E-state index in [0.717, 1.165) is 22.3 Å². The Morgan fingerprint density at radius 3 is 1.09 bits per heavy atom. The average molecular weight is 799 g/mol. The summed E-state index contributed by atoms with van der Waals surface area (Å²) in [6, 6.07) is 34.4. The predicted molar refractivity (Wildman–Crippen MR) is 220 cm³/mol. The highest BCUT2D eigenvalue weighted by Crippen LogP contribution is 2.20. The molecule has 4 atom stereocenters. The molecule has 4 N–H and O–H groups in total. The number of ether oxygens (including phenoxy) is 2. The molecular weight excluding hydrogens is 745 g/mol. The molecule has 12 nitrogen and oxygen atoms in total. The van der Waals surface area contributed by atoms with Crippen LogP contribution in [0.2, 0.25) is 0 Å². The van der Waals surface area contributed by atoms with Gasteiger partial charge in [-0.25, -0.2) is 18.0 Å². The van der Waals surface area contributed by atoms with Gasteiger partial charge in [0.05, 0.1) is 10.5 Å². The third-order valence-electron chi connectivity index (χ3n) is 9.42. The molecule has 0 radical (unpaired) electrons. The molecule has 57 heavy (non-hydrogen) atoms. The Balaban J connectivity index is 1.51. The Hall–Kier alpha value is -5.69. The highest BCUT2D eigenvalue weighted by atomic mass is 32.2. The summed E-state index contributed by atoms with van der Waals surface area (Å²) in [5.74, 6) is -1.82. The monoisotopic (exact) mass is 798 g/mol. The van der Waals surface area contributed by atoms with Gasteiger partial charge in [0.15, 0.2) is 9.84 Å². The number of carbonyl (C=O) groups excluding carboxylic acids is 4. The standard InChI is InChI=1S/C44H54N4O8S/c1-31(2)39(47-43(51)55-29-35-21-13-7-14-22-35)41(49)45-27-37(25-33-17-9-5-10-18-33)57(53,54)38(26-34-19-11-6-12-20-34)28-46-42(50)40(32(3)4)48-44(52)56-30-36-23-15-8-16-24-36/h5-24,31-32,37-40H,25-30H2,1-4H3,(H,45,49)(H,46,50)(H,47,51)(H,48,52)/t37-,38-,39+,40+/m1/s1. The SMILES string of the molecule is CC(C)[C@H](NC(=O)OCc1ccccc1)C(=O)NC[C@@H](Cc1ccccc1)S(=O)(=O)[C@@H](CNC(=O)[C@@H](NC(=O)OCc1ccccc1)C(C)C)Cc1ccccc1. The second-order valence-corrected chi connectivity index (χ2v) is 17.1. The van der Waals surface area contributed by atoms with Crippen molar-refractivity contribution in [3.8, 4) is 0 Å². The van der Waals surface area contributed by atoms with E-state index < -0.39 is 56.4 Å². The van der Waals surface area contributed by atoms with Crippen LogP contribution in [-0.2, 0) is 55.0 Å². The molecule has 4 aromatic rings. The minimum Gasteiger partial charge on any atom is -0.445 e. The summed E-state index contributed by atoms with van der Waals surface area (Å²) in [7, 11) is -4.12. The van der Waals surface area contributed by atoms with E-state index in [9.17, 15) is 27.6 Å². The van der Waals surface area contributed by atoms with Gasteiger partial charge in [-0.15, -0.1) is 0 Å². The number of hydrogen-bond acceptors (Lipinski definition) is 8. The van der Waals surface area contributed by atoms with Crippen LogP contribution in [0.1, 0.15) is 49.9 Å². The van der Waals surface area contributed by atoms with Crippen molar-refractivity contribution in [1.29, 1.82) is 0 Å². The van der Waals surface area contributed by atoms with Crippen molar-refractivity contribution < 1.29 is 37.1 Å². The van der Waals surface area contributed by atoms with Gasteiger partial charge in [0.25, 0.3) is 0 Å². The molecule has 0 aromatic heterocycles. The topological polar surface area (TPSA) is 169 Å². The van der Waals surface area contributed by atoms with E-state index in [1.165, 1.54) is 0 Å². The van der Waals surface area contributed by atoms with E-state index in [2.05, 4.69) is 21.3 Å². The third kappa shape index (κ3) is 14.4. The number of benzene rings is 4. The van der Waals surface area contributed by atoms with Crippen molar-refractivity contribution in [2.45, 2.75) is 76.3 Å². The van der Waals surface area contributed by atoms with Crippen LogP contribution in [0.15, 0.2) is 121 Å². The van der Waals surface area contributed by atoms with Gasteiger partial charge in [-0.2, -0.15) is 0 Å². The van der Waals surface area contributed by atoms with Gasteiger partial charge < -0.3 is 30.7 Å². The maximum atomic E-state index is 14.8. The molecule has 0 aliphatic heterocycles. The van der Waals surface area contributed by atoms with Crippen molar-refractivity contribution >= 4 is 33.8 Å². The fourth-order valence-corrected chi connectivity index (χ4v) is 8.16. The molecule has 0 spiro atoms. The Morgan fingerprint density at radius 2 is 0.789 bits per heavy atom. The Kier molecular flexibility index (Phi) is 17.1. The molecule has 0 bridgehead atoms. The normalized spacial score (nSPS) is 13.4. The van der Waals surface area contributed by atoms with Crippen LogP contribution in [-0.4, -0.2) is 68.1 Å². The number of hydrogen-bond donors (Lipinski definition) is 4. The van der Waals surface area contributed by atoms with E-state index in [4.69, 9.17) is 9.47 Å². The number of alkyl carbamates (subject to hydrolysis) is 2. The summed E-state index contributed by atoms with van der Waals surface area (Å²) in [6.45, 7) is 6.57. The number of nitrogens with one attached hydrogen (secondary N) is 4. The Morgan fingerprint density at radius 1 is 0.491 bits per heavy atom. The molecule has 0 saturated carbocycles. The van der Waals surface area contributed by atoms with Gasteiger partial charge in [0.2, 0.25) is 11.8 Å². The summed E-state index contributed by atoms with van der Waals surface area (Å²) >= 11 is 0. The van der Waals surface area contributed by atoms with Gasteiger partial charge >= 0.3 is 12.2 Å². The number of carbonyl (C=O) groups is 4. The van der Waals surface area contributed by atoms with Crippen LogP contribution < -0.4 is 21.3 Å². The molecule has 4 amide bonds. The number of amides is 4. The van der Waals surface area contributed by atoms with Crippen LogP contribution in [0.25, 0.3) is 0 Å². The first kappa shape index (κ1) is 44.0. The first-order chi connectivity index (χ1) is 27.3. The lowest BCUT2D eigenvalue weighted by Crippen LogP contribution is -2.54. The molecule has 4 rings (SSSR count). The molecule has 0 aliphatic carbocycles. The summed E-state index contributed by atoms with van der Waals surface area (Å²) < 4.78 is 40.3. The highest BCUT2D eigenvalue weighted by molar-refractivity contribution is 7.92. The minimum atomic E-state index is -4.12. The van der Waals surface area contributed by atoms with Gasteiger partial charge in [-0.05, 0) is 46.9 Å². The van der Waals surface area contributed by atoms with Crippen LogP contribution in [0.5, 0.6) is 0 Å². The van der Waals surface area contributed by atoms with Crippen LogP contribution in [0.3, 0.4) is 0 Å². The fraction of sp³-hybridized carbons (Fsp3) is 0.364. The molecule has 0 aliphatic rings. The largest absolute Gasteiger partial charge is 0.445 e. The third-order valence-corrected chi connectivity index (χ3v) is 11.9. The molecule has 0 unspecified atom stereocenters. The van der Waals surface area contributed by atoms with Gasteiger partial charge in [0, 0.05) is 13.1 Å². The number of rotatable bonds is 20. The highest BCUT2D eigenvalue weighted by Gasteiger charge is 2.37. The van der Waals surface area contributed by atoms with E-state index in [1.54, 1.807) is 27.7 Å². The van der Waals surface area contributed by atoms with E-state index >= 15 is 0 Å². The first-order valence-corrected chi connectivity index (χ1v) is 20.7. The molecular formula is C44H54N4O8S. The van der Waals surface area contributed by atoms with Gasteiger partial charge in [-0.1, -0.05) is 149 Å². The maximum Gasteiger partial charge on any atom is 0.408 e. The van der Waals surface area contributed by atoms with E-state index in [-0.39, 0.29) is 51.0 Å². The van der Waals surface area contributed by atoms with E-state index in [0.29, 0.717) is 0 Å². The zero-order valence-corrected chi connectivity index (χ0v) is 33.7. The Bertz CT molecular complexity index is 1830.